The lowest BCUT2D eigenvalue weighted by Crippen LogP contribution is -2.34. The first kappa shape index (κ1) is 19.4. The number of halogens is 1. The van der Waals surface area contributed by atoms with E-state index < -0.39 is 0 Å². The zero-order valence-electron chi connectivity index (χ0n) is 16.0. The lowest BCUT2D eigenvalue weighted by atomic mass is 10.0. The Kier molecular flexibility index (Phi) is 6.06. The zero-order chi connectivity index (χ0) is 20.1. The number of ether oxygens (including phenoxy) is 1. The summed E-state index contributed by atoms with van der Waals surface area (Å²) in [5.41, 5.74) is 4.17. The van der Waals surface area contributed by atoms with Crippen LogP contribution in [0.25, 0.3) is 11.1 Å². The second-order valence-electron chi connectivity index (χ2n) is 7.16. The number of carbonyl (C=O) groups is 1. The van der Waals surface area contributed by atoms with Crippen LogP contribution in [0.2, 0.25) is 5.02 Å². The maximum Gasteiger partial charge on any atom is 0.220 e. The first-order valence-electron chi connectivity index (χ1n) is 9.74. The molecule has 6 heteroatoms. The fraction of sp³-hybridized carbons (Fsp3) is 0.261. The smallest absolute Gasteiger partial charge is 0.220 e. The van der Waals surface area contributed by atoms with Gasteiger partial charge in [0.25, 0.3) is 0 Å². The van der Waals surface area contributed by atoms with Crippen LogP contribution in [0.1, 0.15) is 24.0 Å². The molecule has 1 aromatic heterocycles. The van der Waals surface area contributed by atoms with Gasteiger partial charge in [-0.05, 0) is 36.1 Å². The molecule has 0 fully saturated rings. The summed E-state index contributed by atoms with van der Waals surface area (Å²) >= 11 is 6.43. The number of nitrogens with one attached hydrogen (secondary N) is 1. The predicted octanol–water partition coefficient (Wildman–Crippen LogP) is 4.24. The highest BCUT2D eigenvalue weighted by Crippen LogP contribution is 2.39. The third-order valence-corrected chi connectivity index (χ3v) is 5.27. The molecule has 1 amide bonds. The van der Waals surface area contributed by atoms with Crippen LogP contribution < -0.4 is 10.1 Å². The van der Waals surface area contributed by atoms with Crippen molar-refractivity contribution in [2.24, 2.45) is 0 Å². The van der Waals surface area contributed by atoms with E-state index in [4.69, 9.17) is 16.3 Å². The topological polar surface area (TPSA) is 64.1 Å². The molecule has 2 aromatic carbocycles. The zero-order valence-corrected chi connectivity index (χ0v) is 16.7. The van der Waals surface area contributed by atoms with Crippen LogP contribution in [0.3, 0.4) is 0 Å². The molecule has 0 radical (unpaired) electrons. The number of rotatable bonds is 7. The van der Waals surface area contributed by atoms with E-state index in [-0.39, 0.29) is 12.0 Å². The fourth-order valence-electron chi connectivity index (χ4n) is 3.53. The summed E-state index contributed by atoms with van der Waals surface area (Å²) in [5.74, 6) is 0.754. The Balaban J connectivity index is 1.28. The van der Waals surface area contributed by atoms with Gasteiger partial charge in [0.2, 0.25) is 5.91 Å². The number of aryl methyl sites for hydroxylation is 1. The summed E-state index contributed by atoms with van der Waals surface area (Å²) in [6.45, 7) is 0.471. The number of benzene rings is 2. The van der Waals surface area contributed by atoms with E-state index in [0.717, 1.165) is 29.5 Å². The van der Waals surface area contributed by atoms with Crippen molar-refractivity contribution in [3.63, 3.8) is 0 Å². The van der Waals surface area contributed by atoms with Crippen molar-refractivity contribution >= 4 is 17.5 Å². The number of amides is 1. The average molecular weight is 408 g/mol. The molecule has 4 rings (SSSR count). The second kappa shape index (κ2) is 9.05. The van der Waals surface area contributed by atoms with Gasteiger partial charge in [0.15, 0.2) is 0 Å². The summed E-state index contributed by atoms with van der Waals surface area (Å²) in [5, 5.41) is 3.55. The third kappa shape index (κ3) is 4.93. The first-order valence-corrected chi connectivity index (χ1v) is 10.1. The molecule has 0 unspecified atom stereocenters. The van der Waals surface area contributed by atoms with Crippen molar-refractivity contribution in [3.8, 4) is 16.9 Å². The Morgan fingerprint density at radius 3 is 2.72 bits per heavy atom. The maximum atomic E-state index is 12.2. The minimum absolute atomic E-state index is 0.0497. The number of fused-ring (bicyclic) bond motifs is 1. The van der Waals surface area contributed by atoms with Crippen LogP contribution in [0, 0.1) is 0 Å². The molecule has 0 aliphatic carbocycles. The summed E-state index contributed by atoms with van der Waals surface area (Å²) in [4.78, 5) is 20.3. The molecule has 29 heavy (non-hydrogen) atoms. The molecule has 148 valence electrons. The normalized spacial score (nSPS) is 14.9. The number of nitrogens with zero attached hydrogens (tertiary/aromatic N) is 2. The highest BCUT2D eigenvalue weighted by Gasteiger charge is 2.26. The van der Waals surface area contributed by atoms with Gasteiger partial charge in [-0.15, -0.1) is 0 Å². The summed E-state index contributed by atoms with van der Waals surface area (Å²) < 4.78 is 5.97. The molecule has 1 N–H and O–H groups in total. The highest BCUT2D eigenvalue weighted by molar-refractivity contribution is 6.32. The molecular weight excluding hydrogens is 386 g/mol. The van der Waals surface area contributed by atoms with Gasteiger partial charge in [-0.25, -0.2) is 9.97 Å². The molecule has 1 atom stereocenters. The maximum absolute atomic E-state index is 12.2. The highest BCUT2D eigenvalue weighted by atomic mass is 35.5. The molecule has 1 aliphatic heterocycles. The van der Waals surface area contributed by atoms with Crippen molar-refractivity contribution in [1.82, 2.24) is 15.3 Å². The largest absolute Gasteiger partial charge is 0.486 e. The van der Waals surface area contributed by atoms with E-state index in [1.54, 1.807) is 12.4 Å². The third-order valence-electron chi connectivity index (χ3n) is 4.99. The first-order chi connectivity index (χ1) is 14.2. The Bertz CT molecular complexity index is 980. The Hall–Kier alpha value is -2.92. The van der Waals surface area contributed by atoms with Gasteiger partial charge in [-0.3, -0.25) is 4.79 Å². The summed E-state index contributed by atoms with van der Waals surface area (Å²) in [6.07, 6.45) is 7.86. The molecule has 0 saturated carbocycles. The van der Waals surface area contributed by atoms with Gasteiger partial charge in [0.1, 0.15) is 18.2 Å². The monoisotopic (exact) mass is 407 g/mol. The van der Waals surface area contributed by atoms with Crippen LogP contribution in [-0.2, 0) is 17.6 Å². The van der Waals surface area contributed by atoms with Crippen LogP contribution >= 0.6 is 11.6 Å². The molecular formula is C23H22ClN3O2. The van der Waals surface area contributed by atoms with Crippen LogP contribution in [0.4, 0.5) is 0 Å². The van der Waals surface area contributed by atoms with E-state index in [9.17, 15) is 4.79 Å². The Morgan fingerprint density at radius 1 is 1.14 bits per heavy atom. The van der Waals surface area contributed by atoms with Crippen molar-refractivity contribution in [2.75, 3.05) is 6.54 Å². The minimum atomic E-state index is -0.108. The molecule has 3 aromatic rings. The van der Waals surface area contributed by atoms with Crippen LogP contribution in [0.15, 0.2) is 61.2 Å². The Labute approximate surface area is 175 Å². The standard InChI is InChI=1S/C23H22ClN3O2/c24-21-11-17(19-12-25-15-26-13-19)9-18-10-20(29-23(18)21)14-27-22(28)8-4-7-16-5-2-1-3-6-16/h1-3,5-6,9,11-13,15,20H,4,7-8,10,14H2,(H,27,28)/t20-/m1/s1. The van der Waals surface area contributed by atoms with E-state index in [1.165, 1.54) is 11.9 Å². The number of aromatic nitrogens is 2. The number of hydrogen-bond acceptors (Lipinski definition) is 4. The summed E-state index contributed by atoms with van der Waals surface area (Å²) in [6, 6.07) is 14.1. The van der Waals surface area contributed by atoms with Gasteiger partial charge in [-0.2, -0.15) is 0 Å². The molecule has 5 nitrogen and oxygen atoms in total. The van der Waals surface area contributed by atoms with E-state index in [0.29, 0.717) is 30.2 Å². The average Bonchev–Trinajstić information content (AvgIpc) is 3.17. The van der Waals surface area contributed by atoms with Gasteiger partial charge in [0, 0.05) is 36.4 Å². The van der Waals surface area contributed by atoms with Crippen molar-refractivity contribution in [3.05, 3.63) is 77.3 Å². The minimum Gasteiger partial charge on any atom is -0.486 e. The van der Waals surface area contributed by atoms with Gasteiger partial charge in [0.05, 0.1) is 11.6 Å². The van der Waals surface area contributed by atoms with Crippen molar-refractivity contribution in [2.45, 2.75) is 31.8 Å². The van der Waals surface area contributed by atoms with Gasteiger partial charge in [-0.1, -0.05) is 41.9 Å². The SMILES string of the molecule is O=C(CCCc1ccccc1)NC[C@H]1Cc2cc(-c3cncnc3)cc(Cl)c2O1. The van der Waals surface area contributed by atoms with E-state index in [1.807, 2.05) is 24.3 Å². The molecule has 0 saturated heterocycles. The van der Waals surface area contributed by atoms with E-state index in [2.05, 4.69) is 33.5 Å². The lowest BCUT2D eigenvalue weighted by Gasteiger charge is -2.12. The van der Waals surface area contributed by atoms with Gasteiger partial charge < -0.3 is 10.1 Å². The number of hydrogen-bond donors (Lipinski definition) is 1. The van der Waals surface area contributed by atoms with Crippen LogP contribution in [-0.4, -0.2) is 28.5 Å². The molecule has 2 heterocycles. The Morgan fingerprint density at radius 2 is 1.93 bits per heavy atom. The molecule has 0 spiro atoms. The van der Waals surface area contributed by atoms with Crippen molar-refractivity contribution < 1.29 is 9.53 Å². The second-order valence-corrected chi connectivity index (χ2v) is 7.57. The fourth-order valence-corrected chi connectivity index (χ4v) is 3.81. The lowest BCUT2D eigenvalue weighted by molar-refractivity contribution is -0.121. The van der Waals surface area contributed by atoms with Crippen LogP contribution in [0.5, 0.6) is 5.75 Å². The van der Waals surface area contributed by atoms with E-state index >= 15 is 0 Å². The van der Waals surface area contributed by atoms with Crippen molar-refractivity contribution in [1.29, 1.82) is 0 Å². The van der Waals surface area contributed by atoms with Gasteiger partial charge >= 0.3 is 0 Å². The quantitative estimate of drug-likeness (QED) is 0.636. The molecule has 1 aliphatic rings. The molecule has 0 bridgehead atoms. The predicted molar refractivity (Wildman–Crippen MR) is 113 cm³/mol. The number of carbonyl (C=O) groups excluding carboxylic acids is 1. The summed E-state index contributed by atoms with van der Waals surface area (Å²) in [7, 11) is 0.